The van der Waals surface area contributed by atoms with Gasteiger partial charge < -0.3 is 5.32 Å². The van der Waals surface area contributed by atoms with Crippen molar-refractivity contribution in [2.45, 2.75) is 38.4 Å². The molecule has 4 heteroatoms. The van der Waals surface area contributed by atoms with Crippen LogP contribution in [-0.4, -0.2) is 29.0 Å². The third-order valence-electron chi connectivity index (χ3n) is 6.67. The Morgan fingerprint density at radius 1 is 0.909 bits per heavy atom. The van der Waals surface area contributed by atoms with Crippen molar-refractivity contribution in [2.75, 3.05) is 13.1 Å². The quantitative estimate of drug-likeness (QED) is 0.343. The fraction of sp³-hybridized carbons (Fsp3) is 0.276. The van der Waals surface area contributed by atoms with E-state index in [1.54, 1.807) is 0 Å². The largest absolute Gasteiger partial charge is 0.307 e. The van der Waals surface area contributed by atoms with E-state index in [4.69, 9.17) is 16.6 Å². The Hall–Kier alpha value is -2.72. The number of para-hydroxylation sites is 1. The average Bonchev–Trinajstić information content (AvgIpc) is 2.86. The van der Waals surface area contributed by atoms with Gasteiger partial charge in [-0.25, -0.2) is 4.98 Å². The number of rotatable bonds is 6. The van der Waals surface area contributed by atoms with Gasteiger partial charge in [-0.3, -0.25) is 4.90 Å². The summed E-state index contributed by atoms with van der Waals surface area (Å²) in [4.78, 5) is 7.47. The molecule has 1 N–H and O–H groups in total. The van der Waals surface area contributed by atoms with Gasteiger partial charge in [0.05, 0.1) is 16.2 Å². The van der Waals surface area contributed by atoms with E-state index >= 15 is 0 Å². The molecule has 1 saturated heterocycles. The molecule has 4 aromatic rings. The summed E-state index contributed by atoms with van der Waals surface area (Å²) in [6.07, 6.45) is 2.28. The summed E-state index contributed by atoms with van der Waals surface area (Å²) in [5.74, 6) is 0. The van der Waals surface area contributed by atoms with Gasteiger partial charge in [-0.15, -0.1) is 0 Å². The zero-order valence-corrected chi connectivity index (χ0v) is 19.8. The van der Waals surface area contributed by atoms with Gasteiger partial charge in [-0.2, -0.15) is 0 Å². The lowest BCUT2D eigenvalue weighted by Gasteiger charge is -2.34. The van der Waals surface area contributed by atoms with Gasteiger partial charge in [0.25, 0.3) is 0 Å². The average molecular weight is 456 g/mol. The van der Waals surface area contributed by atoms with E-state index in [0.29, 0.717) is 6.04 Å². The molecule has 1 fully saturated rings. The van der Waals surface area contributed by atoms with Crippen molar-refractivity contribution in [3.8, 4) is 11.3 Å². The van der Waals surface area contributed by atoms with Crippen molar-refractivity contribution in [1.29, 1.82) is 0 Å². The molecule has 3 nitrogen and oxygen atoms in total. The highest BCUT2D eigenvalue weighted by molar-refractivity contribution is 6.34. The standard InChI is InChI=1S/C29H30ClN3/c1-21(31-24-16-18-33(19-17-24)20-22-10-4-2-5-11-22)27-25-14-8-9-15-26(25)32-29(28(27)30)23-12-6-3-7-13-23/h2-15,21,24,31H,16-20H2,1H3. The summed E-state index contributed by atoms with van der Waals surface area (Å²) in [6.45, 7) is 5.49. The van der Waals surface area contributed by atoms with E-state index < -0.39 is 0 Å². The number of pyridine rings is 1. The molecule has 1 unspecified atom stereocenters. The molecule has 1 aromatic heterocycles. The second-order valence-electron chi connectivity index (χ2n) is 9.00. The molecule has 0 spiro atoms. The molecule has 0 saturated carbocycles. The van der Waals surface area contributed by atoms with Crippen molar-refractivity contribution in [3.63, 3.8) is 0 Å². The monoisotopic (exact) mass is 455 g/mol. The lowest BCUT2D eigenvalue weighted by atomic mass is 9.97. The minimum absolute atomic E-state index is 0.138. The van der Waals surface area contributed by atoms with Crippen molar-refractivity contribution in [1.82, 2.24) is 15.2 Å². The third-order valence-corrected chi connectivity index (χ3v) is 7.06. The fourth-order valence-corrected chi connectivity index (χ4v) is 5.38. The lowest BCUT2D eigenvalue weighted by molar-refractivity contribution is 0.185. The molecule has 0 amide bonds. The number of piperidine rings is 1. The molecule has 0 aliphatic carbocycles. The zero-order valence-electron chi connectivity index (χ0n) is 19.0. The van der Waals surface area contributed by atoms with E-state index in [2.05, 4.69) is 77.8 Å². The first-order valence-corrected chi connectivity index (χ1v) is 12.2. The molecule has 168 valence electrons. The minimum atomic E-state index is 0.138. The maximum atomic E-state index is 7.04. The van der Waals surface area contributed by atoms with Crippen molar-refractivity contribution in [3.05, 3.63) is 101 Å². The van der Waals surface area contributed by atoms with Gasteiger partial charge >= 0.3 is 0 Å². The number of likely N-dealkylation sites (tertiary alicyclic amines) is 1. The molecular weight excluding hydrogens is 426 g/mol. The highest BCUT2D eigenvalue weighted by atomic mass is 35.5. The molecule has 0 radical (unpaired) electrons. The third kappa shape index (κ3) is 4.96. The maximum Gasteiger partial charge on any atom is 0.0899 e. The fourth-order valence-electron chi connectivity index (χ4n) is 4.96. The Balaban J connectivity index is 1.34. The van der Waals surface area contributed by atoms with Gasteiger partial charge in [0.2, 0.25) is 0 Å². The summed E-state index contributed by atoms with van der Waals surface area (Å²) in [6, 6.07) is 30.0. The van der Waals surface area contributed by atoms with Gasteiger partial charge in [0, 0.05) is 29.6 Å². The van der Waals surface area contributed by atoms with Crippen LogP contribution in [0.5, 0.6) is 0 Å². The number of benzene rings is 3. The number of nitrogens with zero attached hydrogens (tertiary/aromatic N) is 2. The van der Waals surface area contributed by atoms with E-state index in [9.17, 15) is 0 Å². The number of hydrogen-bond acceptors (Lipinski definition) is 3. The molecule has 0 bridgehead atoms. The van der Waals surface area contributed by atoms with Crippen LogP contribution >= 0.6 is 11.6 Å². The number of nitrogens with one attached hydrogen (secondary N) is 1. The van der Waals surface area contributed by atoms with Gasteiger partial charge in [-0.1, -0.05) is 90.5 Å². The van der Waals surface area contributed by atoms with Crippen LogP contribution in [0.3, 0.4) is 0 Å². The maximum absolute atomic E-state index is 7.04. The van der Waals surface area contributed by atoms with Crippen LogP contribution in [0.15, 0.2) is 84.9 Å². The van der Waals surface area contributed by atoms with Crippen molar-refractivity contribution >= 4 is 22.5 Å². The first-order chi connectivity index (χ1) is 16.2. The molecular formula is C29H30ClN3. The van der Waals surface area contributed by atoms with E-state index in [1.165, 1.54) is 5.56 Å². The topological polar surface area (TPSA) is 28.2 Å². The summed E-state index contributed by atoms with van der Waals surface area (Å²) >= 11 is 7.04. The Morgan fingerprint density at radius 2 is 1.55 bits per heavy atom. The molecule has 5 rings (SSSR count). The number of aromatic nitrogens is 1. The van der Waals surface area contributed by atoms with Crippen LogP contribution in [0.4, 0.5) is 0 Å². The van der Waals surface area contributed by atoms with Crippen LogP contribution in [0.25, 0.3) is 22.2 Å². The number of halogens is 1. The van der Waals surface area contributed by atoms with Crippen LogP contribution in [-0.2, 0) is 6.54 Å². The Labute approximate surface area is 201 Å². The number of hydrogen-bond donors (Lipinski definition) is 1. The predicted octanol–water partition coefficient (Wildman–Crippen LogP) is 6.87. The molecule has 1 aliphatic rings. The van der Waals surface area contributed by atoms with E-state index in [-0.39, 0.29) is 6.04 Å². The Bertz CT molecular complexity index is 1200. The second kappa shape index (κ2) is 10.0. The summed E-state index contributed by atoms with van der Waals surface area (Å²) in [5.41, 5.74) is 5.43. The van der Waals surface area contributed by atoms with Crippen molar-refractivity contribution < 1.29 is 0 Å². The Kier molecular flexibility index (Phi) is 6.73. The highest BCUT2D eigenvalue weighted by Gasteiger charge is 2.24. The summed E-state index contributed by atoms with van der Waals surface area (Å²) in [7, 11) is 0. The number of fused-ring (bicyclic) bond motifs is 1. The smallest absolute Gasteiger partial charge is 0.0899 e. The SMILES string of the molecule is CC(NC1CCN(Cc2ccccc2)CC1)c1c(Cl)c(-c2ccccc2)nc2ccccc12. The molecule has 2 heterocycles. The van der Waals surface area contributed by atoms with Gasteiger partial charge in [0.1, 0.15) is 0 Å². The van der Waals surface area contributed by atoms with Crippen LogP contribution in [0, 0.1) is 0 Å². The van der Waals surface area contributed by atoms with Gasteiger partial charge in [0.15, 0.2) is 0 Å². The Morgan fingerprint density at radius 3 is 2.27 bits per heavy atom. The minimum Gasteiger partial charge on any atom is -0.307 e. The van der Waals surface area contributed by atoms with Gasteiger partial charge in [-0.05, 0) is 50.0 Å². The molecule has 1 aliphatic heterocycles. The van der Waals surface area contributed by atoms with Crippen LogP contribution < -0.4 is 5.32 Å². The molecule has 33 heavy (non-hydrogen) atoms. The van der Waals surface area contributed by atoms with Crippen LogP contribution in [0.2, 0.25) is 5.02 Å². The molecule has 3 aromatic carbocycles. The van der Waals surface area contributed by atoms with E-state index in [1.807, 2.05) is 24.3 Å². The predicted molar refractivity (Wildman–Crippen MR) is 138 cm³/mol. The van der Waals surface area contributed by atoms with Crippen molar-refractivity contribution in [2.24, 2.45) is 0 Å². The first kappa shape index (κ1) is 22.1. The van der Waals surface area contributed by atoms with Crippen LogP contribution in [0.1, 0.15) is 36.9 Å². The normalized spacial score (nSPS) is 16.2. The second-order valence-corrected chi connectivity index (χ2v) is 9.37. The highest BCUT2D eigenvalue weighted by Crippen LogP contribution is 2.37. The lowest BCUT2D eigenvalue weighted by Crippen LogP contribution is -2.43. The zero-order chi connectivity index (χ0) is 22.6. The summed E-state index contributed by atoms with van der Waals surface area (Å²) in [5, 5.41) is 5.77. The summed E-state index contributed by atoms with van der Waals surface area (Å²) < 4.78 is 0. The molecule has 1 atom stereocenters. The first-order valence-electron chi connectivity index (χ1n) is 11.8. The van der Waals surface area contributed by atoms with E-state index in [0.717, 1.165) is 65.2 Å².